The first kappa shape index (κ1) is 24.6. The first-order valence-electron chi connectivity index (χ1n) is 10.2. The van der Waals surface area contributed by atoms with Crippen LogP contribution in [0.4, 0.5) is 26.3 Å². The Kier molecular flexibility index (Phi) is 7.68. The number of ether oxygens (including phenoxy) is 2. The smallest absolute Gasteiger partial charge is 0.411 e. The molecule has 33 heavy (non-hydrogen) atoms. The zero-order valence-electron chi connectivity index (χ0n) is 17.8. The van der Waals surface area contributed by atoms with E-state index in [2.05, 4.69) is 4.74 Å². The van der Waals surface area contributed by atoms with Gasteiger partial charge < -0.3 is 9.47 Å². The van der Waals surface area contributed by atoms with Gasteiger partial charge in [-0.1, -0.05) is 67.6 Å². The van der Waals surface area contributed by atoms with Gasteiger partial charge in [0, 0.05) is 11.1 Å². The van der Waals surface area contributed by atoms with Crippen LogP contribution in [0.15, 0.2) is 66.7 Å². The normalized spacial score (nSPS) is 12.1. The van der Waals surface area contributed by atoms with Crippen LogP contribution in [0.5, 0.6) is 5.75 Å². The van der Waals surface area contributed by atoms with E-state index in [0.29, 0.717) is 12.0 Å². The van der Waals surface area contributed by atoms with Gasteiger partial charge >= 0.3 is 12.1 Å². The molecule has 3 aromatic carbocycles. The van der Waals surface area contributed by atoms with Gasteiger partial charge in [0.2, 0.25) is 0 Å². The van der Waals surface area contributed by atoms with Crippen molar-refractivity contribution in [2.45, 2.75) is 38.7 Å². The first-order valence-corrected chi connectivity index (χ1v) is 10.2. The van der Waals surface area contributed by atoms with Crippen LogP contribution in [0.25, 0.3) is 0 Å². The van der Waals surface area contributed by atoms with Crippen LogP contribution in [0.3, 0.4) is 0 Å². The standard InChI is InChI=1S/C25H22F6O2/c1-2-17-8-11-20(12-9-17)25(30,31)22-21(33-14-18-6-4-3-5-7-18)13-10-19(23(22)26)15-32-16-24(27,28)29/h3-13H,2,14-16H2,1H3. The molecule has 0 atom stereocenters. The Bertz CT molecular complexity index is 1050. The zero-order chi connectivity index (χ0) is 24.1. The summed E-state index contributed by atoms with van der Waals surface area (Å²) < 4.78 is 93.5. The molecule has 0 aliphatic rings. The minimum Gasteiger partial charge on any atom is -0.488 e. The van der Waals surface area contributed by atoms with E-state index in [1.807, 2.05) is 6.92 Å². The fraction of sp³-hybridized carbons (Fsp3) is 0.280. The van der Waals surface area contributed by atoms with E-state index in [1.54, 1.807) is 30.3 Å². The van der Waals surface area contributed by atoms with Crippen LogP contribution in [0.1, 0.15) is 34.7 Å². The number of alkyl halides is 5. The third-order valence-electron chi connectivity index (χ3n) is 4.98. The lowest BCUT2D eigenvalue weighted by molar-refractivity contribution is -0.176. The minimum absolute atomic E-state index is 0.0952. The van der Waals surface area contributed by atoms with Crippen molar-refractivity contribution in [3.63, 3.8) is 0 Å². The maximum absolute atomic E-state index is 15.5. The third-order valence-corrected chi connectivity index (χ3v) is 4.98. The molecule has 0 amide bonds. The van der Waals surface area contributed by atoms with Crippen LogP contribution in [-0.4, -0.2) is 12.8 Å². The van der Waals surface area contributed by atoms with E-state index in [0.717, 1.165) is 17.7 Å². The molecule has 0 saturated heterocycles. The molecule has 176 valence electrons. The second-order valence-electron chi connectivity index (χ2n) is 7.42. The van der Waals surface area contributed by atoms with E-state index in [4.69, 9.17) is 4.74 Å². The van der Waals surface area contributed by atoms with Gasteiger partial charge in [-0.15, -0.1) is 0 Å². The summed E-state index contributed by atoms with van der Waals surface area (Å²) in [7, 11) is 0. The van der Waals surface area contributed by atoms with Crippen LogP contribution in [0.2, 0.25) is 0 Å². The topological polar surface area (TPSA) is 18.5 Å². The molecule has 0 radical (unpaired) electrons. The van der Waals surface area contributed by atoms with Crippen LogP contribution >= 0.6 is 0 Å². The first-order chi connectivity index (χ1) is 15.6. The molecule has 0 heterocycles. The number of benzene rings is 3. The molecular weight excluding hydrogens is 446 g/mol. The molecule has 0 aromatic heterocycles. The van der Waals surface area contributed by atoms with Gasteiger partial charge in [0.1, 0.15) is 30.3 Å². The quantitative estimate of drug-likeness (QED) is 0.310. The molecule has 0 N–H and O–H groups in total. The van der Waals surface area contributed by atoms with Gasteiger partial charge in [-0.3, -0.25) is 0 Å². The zero-order valence-corrected chi connectivity index (χ0v) is 17.8. The molecule has 0 saturated carbocycles. The summed E-state index contributed by atoms with van der Waals surface area (Å²) in [6.45, 7) is -0.667. The van der Waals surface area contributed by atoms with E-state index in [9.17, 15) is 13.2 Å². The fourth-order valence-electron chi connectivity index (χ4n) is 3.23. The summed E-state index contributed by atoms with van der Waals surface area (Å²) in [5.41, 5.74) is -0.430. The minimum atomic E-state index is -4.62. The molecule has 8 heteroatoms. The molecular formula is C25H22F6O2. The summed E-state index contributed by atoms with van der Waals surface area (Å²) in [5.74, 6) is -5.57. The monoisotopic (exact) mass is 468 g/mol. The molecule has 2 nitrogen and oxygen atoms in total. The lowest BCUT2D eigenvalue weighted by Gasteiger charge is -2.23. The van der Waals surface area contributed by atoms with Gasteiger partial charge in [-0.05, 0) is 23.6 Å². The summed E-state index contributed by atoms with van der Waals surface area (Å²) in [5, 5.41) is 0. The molecule has 0 aliphatic carbocycles. The summed E-state index contributed by atoms with van der Waals surface area (Å²) in [4.78, 5) is 0. The van der Waals surface area contributed by atoms with E-state index in [1.165, 1.54) is 24.3 Å². The predicted octanol–water partition coefficient (Wildman–Crippen LogP) is 7.19. The number of halogens is 6. The van der Waals surface area contributed by atoms with Gasteiger partial charge in [0.15, 0.2) is 0 Å². The second-order valence-corrected chi connectivity index (χ2v) is 7.42. The Labute approximate surface area is 187 Å². The van der Waals surface area contributed by atoms with Crippen molar-refractivity contribution in [3.8, 4) is 5.75 Å². The highest BCUT2D eigenvalue weighted by Crippen LogP contribution is 2.43. The van der Waals surface area contributed by atoms with Crippen LogP contribution in [0, 0.1) is 5.82 Å². The second kappa shape index (κ2) is 10.3. The molecule has 0 unspecified atom stereocenters. The Morgan fingerprint density at radius 2 is 1.42 bits per heavy atom. The van der Waals surface area contributed by atoms with Crippen molar-refractivity contribution < 1.29 is 35.8 Å². The maximum Gasteiger partial charge on any atom is 0.411 e. The summed E-state index contributed by atoms with van der Waals surface area (Å²) >= 11 is 0. The van der Waals surface area contributed by atoms with Gasteiger partial charge in [0.25, 0.3) is 0 Å². The average molecular weight is 468 g/mol. The Morgan fingerprint density at radius 3 is 2.03 bits per heavy atom. The van der Waals surface area contributed by atoms with Crippen LogP contribution in [-0.2, 0) is 30.3 Å². The number of hydrogen-bond donors (Lipinski definition) is 0. The molecule has 0 fully saturated rings. The Hall–Kier alpha value is -3.00. The average Bonchev–Trinajstić information content (AvgIpc) is 2.78. The molecule has 3 aromatic rings. The number of hydrogen-bond acceptors (Lipinski definition) is 2. The fourth-order valence-corrected chi connectivity index (χ4v) is 3.23. The number of aryl methyl sites for hydroxylation is 1. The van der Waals surface area contributed by atoms with Crippen molar-refractivity contribution in [2.75, 3.05) is 6.61 Å². The van der Waals surface area contributed by atoms with Crippen molar-refractivity contribution >= 4 is 0 Å². The summed E-state index contributed by atoms with van der Waals surface area (Å²) in [6, 6.07) is 16.3. The molecule has 0 bridgehead atoms. The highest BCUT2D eigenvalue weighted by molar-refractivity contribution is 5.47. The molecule has 3 rings (SSSR count). The predicted molar refractivity (Wildman–Crippen MR) is 112 cm³/mol. The SMILES string of the molecule is CCc1ccc(C(F)(F)c2c(OCc3ccccc3)ccc(COCC(F)(F)F)c2F)cc1. The third kappa shape index (κ3) is 6.28. The van der Waals surface area contributed by atoms with Crippen molar-refractivity contribution in [2.24, 2.45) is 0 Å². The molecule has 0 spiro atoms. The van der Waals surface area contributed by atoms with Crippen molar-refractivity contribution in [1.29, 1.82) is 0 Å². The Morgan fingerprint density at radius 1 is 0.758 bits per heavy atom. The van der Waals surface area contributed by atoms with Gasteiger partial charge in [0.05, 0.1) is 6.61 Å². The van der Waals surface area contributed by atoms with E-state index >= 15 is 13.2 Å². The maximum atomic E-state index is 15.5. The molecule has 0 aliphatic heterocycles. The lowest BCUT2D eigenvalue weighted by atomic mass is 9.95. The van der Waals surface area contributed by atoms with Gasteiger partial charge in [-0.25, -0.2) is 4.39 Å². The Balaban J connectivity index is 1.98. The van der Waals surface area contributed by atoms with E-state index in [-0.39, 0.29) is 6.61 Å². The van der Waals surface area contributed by atoms with Crippen molar-refractivity contribution in [3.05, 3.63) is 100 Å². The number of rotatable bonds is 9. The van der Waals surface area contributed by atoms with E-state index < -0.39 is 53.6 Å². The van der Waals surface area contributed by atoms with Crippen LogP contribution < -0.4 is 4.74 Å². The largest absolute Gasteiger partial charge is 0.488 e. The highest BCUT2D eigenvalue weighted by atomic mass is 19.4. The highest BCUT2D eigenvalue weighted by Gasteiger charge is 2.41. The van der Waals surface area contributed by atoms with Gasteiger partial charge in [-0.2, -0.15) is 22.0 Å². The summed E-state index contributed by atoms with van der Waals surface area (Å²) in [6.07, 6.45) is -3.99. The van der Waals surface area contributed by atoms with Crippen molar-refractivity contribution in [1.82, 2.24) is 0 Å². The lowest BCUT2D eigenvalue weighted by Crippen LogP contribution is -2.21.